The summed E-state index contributed by atoms with van der Waals surface area (Å²) in [5.41, 5.74) is 5.83. The van der Waals surface area contributed by atoms with Gasteiger partial charge in [-0.1, -0.05) is 6.08 Å². The predicted octanol–water partition coefficient (Wildman–Crippen LogP) is 2.72. The van der Waals surface area contributed by atoms with Gasteiger partial charge >= 0.3 is 0 Å². The van der Waals surface area contributed by atoms with E-state index in [0.717, 1.165) is 6.42 Å². The molecule has 0 bridgehead atoms. The molecule has 13 heavy (non-hydrogen) atoms. The highest BCUT2D eigenvalue weighted by atomic mass is 19.3. The molecule has 1 aliphatic carbocycles. The van der Waals surface area contributed by atoms with Crippen LogP contribution in [0.1, 0.15) is 32.1 Å². The maximum atomic E-state index is 12.8. The van der Waals surface area contributed by atoms with Crippen LogP contribution in [0, 0.1) is 5.92 Å². The normalized spacial score (nSPS) is 25.5. The summed E-state index contributed by atoms with van der Waals surface area (Å²) in [6, 6.07) is 0.0219. The standard InChI is InChI=1S/C10H17F2N/c1-2-3-9(13)8-4-6-10(11,12)7-5-8/h2,8-9H,1,3-7,13H2. The molecule has 1 rings (SSSR count). The quantitative estimate of drug-likeness (QED) is 0.679. The molecule has 1 nitrogen and oxygen atoms in total. The van der Waals surface area contributed by atoms with Crippen molar-refractivity contribution in [3.05, 3.63) is 12.7 Å². The van der Waals surface area contributed by atoms with Gasteiger partial charge in [-0.2, -0.15) is 0 Å². The number of halogens is 2. The van der Waals surface area contributed by atoms with Crippen molar-refractivity contribution in [1.29, 1.82) is 0 Å². The first-order chi connectivity index (χ1) is 6.05. The molecule has 0 heterocycles. The molecule has 0 aliphatic heterocycles. The van der Waals surface area contributed by atoms with Crippen molar-refractivity contribution in [2.45, 2.75) is 44.1 Å². The van der Waals surface area contributed by atoms with E-state index in [1.807, 2.05) is 0 Å². The molecule has 1 unspecified atom stereocenters. The van der Waals surface area contributed by atoms with Gasteiger partial charge in [0.1, 0.15) is 0 Å². The maximum Gasteiger partial charge on any atom is 0.248 e. The van der Waals surface area contributed by atoms with E-state index in [9.17, 15) is 8.78 Å². The molecule has 1 atom stereocenters. The van der Waals surface area contributed by atoms with Crippen LogP contribution in [0.5, 0.6) is 0 Å². The number of hydrogen-bond acceptors (Lipinski definition) is 1. The molecule has 0 spiro atoms. The first kappa shape index (κ1) is 10.6. The van der Waals surface area contributed by atoms with Crippen LogP contribution in [0.15, 0.2) is 12.7 Å². The van der Waals surface area contributed by atoms with E-state index in [-0.39, 0.29) is 24.8 Å². The van der Waals surface area contributed by atoms with Crippen LogP contribution >= 0.6 is 0 Å². The zero-order valence-corrected chi connectivity index (χ0v) is 7.81. The molecule has 0 aromatic carbocycles. The average molecular weight is 189 g/mol. The third-order valence-corrected chi connectivity index (χ3v) is 2.81. The van der Waals surface area contributed by atoms with Crippen molar-refractivity contribution >= 4 is 0 Å². The monoisotopic (exact) mass is 189 g/mol. The first-order valence-corrected chi connectivity index (χ1v) is 4.79. The molecular formula is C10H17F2N. The Morgan fingerprint density at radius 3 is 2.46 bits per heavy atom. The number of rotatable bonds is 3. The summed E-state index contributed by atoms with van der Waals surface area (Å²) in [5, 5.41) is 0. The third-order valence-electron chi connectivity index (χ3n) is 2.81. The highest BCUT2D eigenvalue weighted by Crippen LogP contribution is 2.37. The molecular weight excluding hydrogens is 172 g/mol. The highest BCUT2D eigenvalue weighted by Gasteiger charge is 2.36. The van der Waals surface area contributed by atoms with Gasteiger partial charge in [0.25, 0.3) is 0 Å². The molecule has 1 aliphatic rings. The summed E-state index contributed by atoms with van der Waals surface area (Å²) in [4.78, 5) is 0. The number of alkyl halides is 2. The fourth-order valence-electron chi connectivity index (χ4n) is 1.88. The Bertz CT molecular complexity index is 170. The SMILES string of the molecule is C=CCC(N)C1CCC(F)(F)CC1. The fraction of sp³-hybridized carbons (Fsp3) is 0.800. The summed E-state index contributed by atoms with van der Waals surface area (Å²) in [5.74, 6) is -2.18. The van der Waals surface area contributed by atoms with Crippen molar-refractivity contribution in [2.75, 3.05) is 0 Å². The molecule has 76 valence electrons. The van der Waals surface area contributed by atoms with Crippen molar-refractivity contribution in [2.24, 2.45) is 11.7 Å². The van der Waals surface area contributed by atoms with Gasteiger partial charge in [0.05, 0.1) is 0 Å². The van der Waals surface area contributed by atoms with Crippen molar-refractivity contribution in [3.8, 4) is 0 Å². The zero-order chi connectivity index (χ0) is 9.90. The number of nitrogens with two attached hydrogens (primary N) is 1. The smallest absolute Gasteiger partial charge is 0.248 e. The van der Waals surface area contributed by atoms with Gasteiger partial charge < -0.3 is 5.73 Å². The first-order valence-electron chi connectivity index (χ1n) is 4.79. The van der Waals surface area contributed by atoms with Crippen LogP contribution in [0.2, 0.25) is 0 Å². The van der Waals surface area contributed by atoms with Gasteiger partial charge in [0, 0.05) is 18.9 Å². The van der Waals surface area contributed by atoms with Gasteiger partial charge in [-0.25, -0.2) is 8.78 Å². The minimum absolute atomic E-state index is 0.00249. The highest BCUT2D eigenvalue weighted by molar-refractivity contribution is 4.86. The molecule has 2 N–H and O–H groups in total. The van der Waals surface area contributed by atoms with Crippen molar-refractivity contribution < 1.29 is 8.78 Å². The van der Waals surface area contributed by atoms with Gasteiger partial charge in [-0.05, 0) is 25.2 Å². The minimum atomic E-state index is -2.44. The van der Waals surface area contributed by atoms with E-state index in [1.165, 1.54) is 0 Å². The Morgan fingerprint density at radius 1 is 1.46 bits per heavy atom. The maximum absolute atomic E-state index is 12.8. The Kier molecular flexibility index (Phi) is 3.42. The lowest BCUT2D eigenvalue weighted by Crippen LogP contribution is -2.35. The van der Waals surface area contributed by atoms with E-state index in [4.69, 9.17) is 5.73 Å². The van der Waals surface area contributed by atoms with Crippen LogP contribution in [0.3, 0.4) is 0 Å². The van der Waals surface area contributed by atoms with Crippen molar-refractivity contribution in [3.63, 3.8) is 0 Å². The Labute approximate surface area is 78.0 Å². The van der Waals surface area contributed by atoms with Crippen molar-refractivity contribution in [1.82, 2.24) is 0 Å². The summed E-state index contributed by atoms with van der Waals surface area (Å²) in [6.07, 6.45) is 3.61. The van der Waals surface area contributed by atoms with Gasteiger partial charge in [-0.3, -0.25) is 0 Å². The van der Waals surface area contributed by atoms with E-state index < -0.39 is 5.92 Å². The van der Waals surface area contributed by atoms with Crippen LogP contribution in [-0.2, 0) is 0 Å². The van der Waals surface area contributed by atoms with Gasteiger partial charge in [0.15, 0.2) is 0 Å². The van der Waals surface area contributed by atoms with Crippen LogP contribution < -0.4 is 5.73 Å². The Hall–Kier alpha value is -0.440. The van der Waals surface area contributed by atoms with Crippen LogP contribution in [0.25, 0.3) is 0 Å². The predicted molar refractivity (Wildman–Crippen MR) is 49.7 cm³/mol. The summed E-state index contributed by atoms with van der Waals surface area (Å²) >= 11 is 0. The lowest BCUT2D eigenvalue weighted by atomic mass is 9.81. The third kappa shape index (κ3) is 3.07. The summed E-state index contributed by atoms with van der Waals surface area (Å²) in [6.45, 7) is 3.60. The lowest BCUT2D eigenvalue weighted by molar-refractivity contribution is -0.0480. The molecule has 1 saturated carbocycles. The molecule has 3 heteroatoms. The molecule has 1 fully saturated rings. The number of hydrogen-bond donors (Lipinski definition) is 1. The zero-order valence-electron chi connectivity index (χ0n) is 7.81. The second-order valence-electron chi connectivity index (χ2n) is 3.88. The second-order valence-corrected chi connectivity index (χ2v) is 3.88. The molecule has 0 aromatic heterocycles. The topological polar surface area (TPSA) is 26.0 Å². The molecule has 0 saturated heterocycles. The average Bonchev–Trinajstić information content (AvgIpc) is 2.04. The van der Waals surface area contributed by atoms with E-state index >= 15 is 0 Å². The Balaban J connectivity index is 2.36. The second kappa shape index (κ2) is 4.18. The molecule has 0 aromatic rings. The minimum Gasteiger partial charge on any atom is -0.327 e. The molecule has 0 amide bonds. The van der Waals surface area contributed by atoms with Crippen LogP contribution in [-0.4, -0.2) is 12.0 Å². The molecule has 0 radical (unpaired) electrons. The fourth-order valence-corrected chi connectivity index (χ4v) is 1.88. The lowest BCUT2D eigenvalue weighted by Gasteiger charge is -2.31. The van der Waals surface area contributed by atoms with E-state index in [2.05, 4.69) is 6.58 Å². The largest absolute Gasteiger partial charge is 0.327 e. The summed E-state index contributed by atoms with van der Waals surface area (Å²) < 4.78 is 25.5. The van der Waals surface area contributed by atoms with Gasteiger partial charge in [-0.15, -0.1) is 6.58 Å². The van der Waals surface area contributed by atoms with E-state index in [0.29, 0.717) is 12.8 Å². The Morgan fingerprint density at radius 2 is 2.00 bits per heavy atom. The van der Waals surface area contributed by atoms with E-state index in [1.54, 1.807) is 6.08 Å². The van der Waals surface area contributed by atoms with Gasteiger partial charge in [0.2, 0.25) is 5.92 Å². The summed E-state index contributed by atoms with van der Waals surface area (Å²) in [7, 11) is 0. The van der Waals surface area contributed by atoms with Crippen LogP contribution in [0.4, 0.5) is 8.78 Å².